The maximum absolute atomic E-state index is 10.7. The molecule has 0 saturated carbocycles. The van der Waals surface area contributed by atoms with Crippen molar-refractivity contribution in [3.63, 3.8) is 0 Å². The van der Waals surface area contributed by atoms with E-state index in [2.05, 4.69) is 5.32 Å². The summed E-state index contributed by atoms with van der Waals surface area (Å²) in [5.41, 5.74) is 0. The van der Waals surface area contributed by atoms with Gasteiger partial charge in [-0.05, 0) is 0 Å². The fourth-order valence-corrected chi connectivity index (χ4v) is 0.845. The Balaban J connectivity index is 2.64. The molecule has 1 rings (SSSR count). The van der Waals surface area contributed by atoms with Gasteiger partial charge in [-0.25, -0.2) is 4.90 Å². The van der Waals surface area contributed by atoms with Gasteiger partial charge in [0, 0.05) is 13.5 Å². The number of β-lactam (4-membered cyclic amide) rings is 1. The van der Waals surface area contributed by atoms with Crippen molar-refractivity contribution < 1.29 is 9.59 Å². The van der Waals surface area contributed by atoms with Gasteiger partial charge in [0.05, 0.1) is 0 Å². The van der Waals surface area contributed by atoms with Crippen LogP contribution in [0.2, 0.25) is 0 Å². The van der Waals surface area contributed by atoms with Gasteiger partial charge < -0.3 is 5.32 Å². The first-order chi connectivity index (χ1) is 5.16. The molecular formula is C6H7N3O2. The Kier molecular flexibility index (Phi) is 1.77. The molecule has 1 saturated heterocycles. The van der Waals surface area contributed by atoms with E-state index in [-0.39, 0.29) is 5.91 Å². The van der Waals surface area contributed by atoms with Crippen molar-refractivity contribution in [3.05, 3.63) is 0 Å². The lowest BCUT2D eigenvalue weighted by Crippen LogP contribution is -2.61. The van der Waals surface area contributed by atoms with Crippen molar-refractivity contribution in [1.29, 1.82) is 5.26 Å². The molecule has 0 radical (unpaired) electrons. The molecule has 0 aromatic rings. The van der Waals surface area contributed by atoms with Gasteiger partial charge in [0.1, 0.15) is 6.04 Å². The lowest BCUT2D eigenvalue weighted by molar-refractivity contribution is -0.140. The zero-order chi connectivity index (χ0) is 8.43. The molecule has 0 aromatic carbocycles. The number of hydrogen-bond donors (Lipinski definition) is 1. The smallest absolute Gasteiger partial charge is 0.245 e. The summed E-state index contributed by atoms with van der Waals surface area (Å²) in [5.74, 6) is -0.658. The highest BCUT2D eigenvalue weighted by atomic mass is 16.2. The molecule has 1 aliphatic heterocycles. The maximum atomic E-state index is 10.7. The molecule has 5 nitrogen and oxygen atoms in total. The molecule has 11 heavy (non-hydrogen) atoms. The van der Waals surface area contributed by atoms with Gasteiger partial charge >= 0.3 is 0 Å². The minimum atomic E-state index is -0.572. The van der Waals surface area contributed by atoms with Gasteiger partial charge in [-0.3, -0.25) is 9.59 Å². The van der Waals surface area contributed by atoms with Gasteiger partial charge in [-0.2, -0.15) is 5.26 Å². The lowest BCUT2D eigenvalue weighted by atomic mass is 10.1. The number of amides is 2. The second-order valence-corrected chi connectivity index (χ2v) is 2.25. The minimum absolute atomic E-state index is 0.262. The number of hydrogen-bond acceptors (Lipinski definition) is 3. The average molecular weight is 153 g/mol. The fourth-order valence-electron chi connectivity index (χ4n) is 0.845. The van der Waals surface area contributed by atoms with Gasteiger partial charge in [-0.1, -0.05) is 0 Å². The van der Waals surface area contributed by atoms with Crippen LogP contribution >= 0.6 is 0 Å². The molecule has 2 amide bonds. The fraction of sp³-hybridized carbons (Fsp3) is 0.500. The Morgan fingerprint density at radius 1 is 1.91 bits per heavy atom. The van der Waals surface area contributed by atoms with Crippen molar-refractivity contribution in [3.8, 4) is 6.19 Å². The molecule has 1 heterocycles. The highest BCUT2D eigenvalue weighted by Crippen LogP contribution is 2.04. The summed E-state index contributed by atoms with van der Waals surface area (Å²) in [6, 6.07) is -0.572. The van der Waals surface area contributed by atoms with E-state index in [1.54, 1.807) is 6.19 Å². The number of carbonyl (C=O) groups excluding carboxylic acids is 2. The van der Waals surface area contributed by atoms with Crippen molar-refractivity contribution >= 4 is 11.8 Å². The number of nitriles is 1. The third kappa shape index (κ3) is 1.15. The van der Waals surface area contributed by atoms with Crippen molar-refractivity contribution in [2.75, 3.05) is 6.54 Å². The molecule has 5 heteroatoms. The summed E-state index contributed by atoms with van der Waals surface area (Å²) in [6.45, 7) is 1.64. The molecule has 0 aromatic heterocycles. The van der Waals surface area contributed by atoms with Crippen LogP contribution in [0.4, 0.5) is 0 Å². The molecule has 0 spiro atoms. The highest BCUT2D eigenvalue weighted by Gasteiger charge is 2.35. The van der Waals surface area contributed by atoms with Crippen LogP contribution in [-0.4, -0.2) is 29.3 Å². The molecule has 1 fully saturated rings. The van der Waals surface area contributed by atoms with Gasteiger partial charge in [0.15, 0.2) is 6.19 Å². The van der Waals surface area contributed by atoms with E-state index in [9.17, 15) is 9.59 Å². The summed E-state index contributed by atoms with van der Waals surface area (Å²) in [4.78, 5) is 22.2. The van der Waals surface area contributed by atoms with E-state index in [0.717, 1.165) is 4.90 Å². The van der Waals surface area contributed by atoms with E-state index in [0.29, 0.717) is 6.54 Å². The second kappa shape index (κ2) is 2.58. The van der Waals surface area contributed by atoms with Gasteiger partial charge in [0.25, 0.3) is 0 Å². The largest absolute Gasteiger partial charge is 0.352 e. The van der Waals surface area contributed by atoms with Crippen LogP contribution in [0, 0.1) is 11.5 Å². The van der Waals surface area contributed by atoms with Crippen molar-refractivity contribution in [1.82, 2.24) is 10.2 Å². The Morgan fingerprint density at radius 3 is 2.64 bits per heavy atom. The highest BCUT2D eigenvalue weighted by molar-refractivity contribution is 5.92. The van der Waals surface area contributed by atoms with Gasteiger partial charge in [-0.15, -0.1) is 0 Å². The molecule has 58 valence electrons. The predicted octanol–water partition coefficient (Wildman–Crippen LogP) is -1.19. The maximum Gasteiger partial charge on any atom is 0.245 e. The van der Waals surface area contributed by atoms with Crippen LogP contribution in [0.1, 0.15) is 6.92 Å². The first-order valence-electron chi connectivity index (χ1n) is 3.14. The Bertz CT molecular complexity index is 243. The Morgan fingerprint density at radius 2 is 2.55 bits per heavy atom. The van der Waals surface area contributed by atoms with Crippen LogP contribution in [0.3, 0.4) is 0 Å². The topological polar surface area (TPSA) is 73.2 Å². The molecule has 1 aliphatic rings. The van der Waals surface area contributed by atoms with Crippen molar-refractivity contribution in [2.45, 2.75) is 13.0 Å². The molecule has 0 aliphatic carbocycles. The summed E-state index contributed by atoms with van der Waals surface area (Å²) >= 11 is 0. The SMILES string of the molecule is CC(=O)N(C#N)C1CNC1=O. The molecule has 1 unspecified atom stereocenters. The zero-order valence-electron chi connectivity index (χ0n) is 6.00. The Labute approximate surface area is 63.6 Å². The molecule has 0 bridgehead atoms. The van der Waals surface area contributed by atoms with E-state index in [4.69, 9.17) is 5.26 Å². The average Bonchev–Trinajstić information content (AvgIpc) is 1.96. The van der Waals surface area contributed by atoms with Crippen LogP contribution in [0.25, 0.3) is 0 Å². The predicted molar refractivity (Wildman–Crippen MR) is 34.9 cm³/mol. The third-order valence-electron chi connectivity index (χ3n) is 1.53. The van der Waals surface area contributed by atoms with Gasteiger partial charge in [0.2, 0.25) is 11.8 Å². The van der Waals surface area contributed by atoms with E-state index in [1.165, 1.54) is 6.92 Å². The minimum Gasteiger partial charge on any atom is -0.352 e. The summed E-state index contributed by atoms with van der Waals surface area (Å²) in [5, 5.41) is 10.9. The summed E-state index contributed by atoms with van der Waals surface area (Å²) in [7, 11) is 0. The number of nitrogens with one attached hydrogen (secondary N) is 1. The summed E-state index contributed by atoms with van der Waals surface area (Å²) < 4.78 is 0. The van der Waals surface area contributed by atoms with Crippen LogP contribution in [-0.2, 0) is 9.59 Å². The molecule has 1 atom stereocenters. The first-order valence-corrected chi connectivity index (χ1v) is 3.14. The quantitative estimate of drug-likeness (QED) is 0.292. The third-order valence-corrected chi connectivity index (χ3v) is 1.53. The second-order valence-electron chi connectivity index (χ2n) is 2.25. The van der Waals surface area contributed by atoms with Crippen LogP contribution in [0.5, 0.6) is 0 Å². The standard InChI is InChI=1S/C6H7N3O2/c1-4(10)9(3-7)5-2-8-6(5)11/h5H,2H2,1H3,(H,8,11). The first kappa shape index (κ1) is 7.54. The number of nitrogens with zero attached hydrogens (tertiary/aromatic N) is 2. The number of rotatable bonds is 1. The van der Waals surface area contributed by atoms with Crippen LogP contribution < -0.4 is 5.32 Å². The molecule has 1 N–H and O–H groups in total. The monoisotopic (exact) mass is 153 g/mol. The van der Waals surface area contributed by atoms with E-state index in [1.807, 2.05) is 0 Å². The number of carbonyl (C=O) groups is 2. The lowest BCUT2D eigenvalue weighted by Gasteiger charge is -2.30. The zero-order valence-corrected chi connectivity index (χ0v) is 6.00. The van der Waals surface area contributed by atoms with Crippen molar-refractivity contribution in [2.24, 2.45) is 0 Å². The normalized spacial score (nSPS) is 21.1. The molecular weight excluding hydrogens is 146 g/mol. The summed E-state index contributed by atoms with van der Waals surface area (Å²) in [6.07, 6.45) is 1.66. The van der Waals surface area contributed by atoms with E-state index < -0.39 is 11.9 Å². The Hall–Kier alpha value is -1.57. The van der Waals surface area contributed by atoms with E-state index >= 15 is 0 Å². The van der Waals surface area contributed by atoms with Crippen LogP contribution in [0.15, 0.2) is 0 Å².